The van der Waals surface area contributed by atoms with Crippen molar-refractivity contribution >= 4 is 11.9 Å². The van der Waals surface area contributed by atoms with Crippen molar-refractivity contribution in [3.05, 3.63) is 35.4 Å². The molecule has 1 aliphatic carbocycles. The third-order valence-electron chi connectivity index (χ3n) is 3.87. The van der Waals surface area contributed by atoms with E-state index in [9.17, 15) is 9.59 Å². The van der Waals surface area contributed by atoms with E-state index in [1.807, 2.05) is 6.92 Å². The normalized spacial score (nSPS) is 17.1. The van der Waals surface area contributed by atoms with Crippen LogP contribution in [0.5, 0.6) is 0 Å². The van der Waals surface area contributed by atoms with E-state index >= 15 is 0 Å². The zero-order chi connectivity index (χ0) is 13.8. The number of carboxylic acid groups (broad SMARTS) is 1. The largest absolute Gasteiger partial charge is 0.478 e. The molecule has 0 heterocycles. The Kier molecular flexibility index (Phi) is 4.20. The Morgan fingerprint density at radius 1 is 1.21 bits per heavy atom. The van der Waals surface area contributed by atoms with Crippen molar-refractivity contribution in [2.75, 3.05) is 0 Å². The van der Waals surface area contributed by atoms with Crippen LogP contribution < -0.4 is 5.32 Å². The molecule has 1 saturated carbocycles. The molecule has 0 unspecified atom stereocenters. The van der Waals surface area contributed by atoms with E-state index in [4.69, 9.17) is 5.11 Å². The maximum Gasteiger partial charge on any atom is 0.336 e. The second kappa shape index (κ2) is 5.87. The number of aromatic carboxylic acids is 1. The number of carboxylic acids is 1. The summed E-state index contributed by atoms with van der Waals surface area (Å²) in [5.74, 6) is -0.849. The van der Waals surface area contributed by atoms with Crippen molar-refractivity contribution in [1.29, 1.82) is 0 Å². The molecular weight excluding hydrogens is 242 g/mol. The van der Waals surface area contributed by atoms with Crippen LogP contribution in [0.3, 0.4) is 0 Å². The second-order valence-electron chi connectivity index (χ2n) is 5.16. The standard InChI is InChI=1S/C15H19NO3/c1-10(11-6-2-3-7-11)16-14(17)12-8-4-5-9-13(12)15(18)19/h4-5,8-11H,2-3,6-7H2,1H3,(H,16,17)(H,18,19)/t10-/m1/s1. The monoisotopic (exact) mass is 261 g/mol. The fraction of sp³-hybridized carbons (Fsp3) is 0.467. The fourth-order valence-electron chi connectivity index (χ4n) is 2.73. The van der Waals surface area contributed by atoms with Gasteiger partial charge in [0, 0.05) is 6.04 Å². The Hall–Kier alpha value is -1.84. The topological polar surface area (TPSA) is 66.4 Å². The van der Waals surface area contributed by atoms with Gasteiger partial charge in [-0.3, -0.25) is 4.79 Å². The van der Waals surface area contributed by atoms with Crippen LogP contribution in [0.1, 0.15) is 53.3 Å². The van der Waals surface area contributed by atoms with Gasteiger partial charge in [-0.05, 0) is 37.8 Å². The predicted octanol–water partition coefficient (Wildman–Crippen LogP) is 2.69. The van der Waals surface area contributed by atoms with Crippen molar-refractivity contribution in [2.24, 2.45) is 5.92 Å². The summed E-state index contributed by atoms with van der Waals surface area (Å²) in [5, 5.41) is 12.0. The van der Waals surface area contributed by atoms with Gasteiger partial charge < -0.3 is 10.4 Å². The van der Waals surface area contributed by atoms with Gasteiger partial charge in [0.05, 0.1) is 11.1 Å². The van der Waals surface area contributed by atoms with E-state index in [0.717, 1.165) is 12.8 Å². The van der Waals surface area contributed by atoms with Gasteiger partial charge in [0.2, 0.25) is 0 Å². The van der Waals surface area contributed by atoms with Crippen molar-refractivity contribution in [3.63, 3.8) is 0 Å². The highest BCUT2D eigenvalue weighted by Gasteiger charge is 2.24. The molecule has 1 aromatic carbocycles. The summed E-state index contributed by atoms with van der Waals surface area (Å²) in [5.41, 5.74) is 0.290. The van der Waals surface area contributed by atoms with Gasteiger partial charge in [-0.15, -0.1) is 0 Å². The maximum absolute atomic E-state index is 12.2. The lowest BCUT2D eigenvalue weighted by atomic mass is 9.99. The minimum Gasteiger partial charge on any atom is -0.478 e. The van der Waals surface area contributed by atoms with Gasteiger partial charge in [-0.25, -0.2) is 4.79 Å². The number of hydrogen-bond acceptors (Lipinski definition) is 2. The minimum atomic E-state index is -1.07. The molecule has 0 aromatic heterocycles. The van der Waals surface area contributed by atoms with Crippen LogP contribution in [0.25, 0.3) is 0 Å². The molecule has 0 aliphatic heterocycles. The molecule has 1 amide bonds. The molecule has 4 heteroatoms. The molecule has 0 radical (unpaired) electrons. The molecule has 2 N–H and O–H groups in total. The summed E-state index contributed by atoms with van der Waals surface area (Å²) in [6, 6.07) is 6.41. The first-order valence-corrected chi connectivity index (χ1v) is 6.73. The number of carbonyl (C=O) groups excluding carboxylic acids is 1. The molecule has 0 spiro atoms. The molecule has 1 aromatic rings. The first-order chi connectivity index (χ1) is 9.09. The van der Waals surface area contributed by atoms with E-state index in [2.05, 4.69) is 5.32 Å². The molecule has 0 saturated heterocycles. The summed E-state index contributed by atoms with van der Waals surface area (Å²) in [6.45, 7) is 2.00. The number of benzene rings is 1. The first-order valence-electron chi connectivity index (χ1n) is 6.73. The average molecular weight is 261 g/mol. The highest BCUT2D eigenvalue weighted by atomic mass is 16.4. The van der Waals surface area contributed by atoms with Gasteiger partial charge in [-0.1, -0.05) is 25.0 Å². The van der Waals surface area contributed by atoms with Crippen LogP contribution in [-0.4, -0.2) is 23.0 Å². The van der Waals surface area contributed by atoms with Crippen LogP contribution in [0.4, 0.5) is 0 Å². The van der Waals surface area contributed by atoms with Crippen LogP contribution in [-0.2, 0) is 0 Å². The van der Waals surface area contributed by atoms with E-state index < -0.39 is 5.97 Å². The number of hydrogen-bond donors (Lipinski definition) is 2. The van der Waals surface area contributed by atoms with Crippen LogP contribution in [0.2, 0.25) is 0 Å². The van der Waals surface area contributed by atoms with Gasteiger partial charge in [0.15, 0.2) is 0 Å². The number of amides is 1. The Morgan fingerprint density at radius 2 is 1.79 bits per heavy atom. The van der Waals surface area contributed by atoms with Gasteiger partial charge in [0.25, 0.3) is 5.91 Å². The summed E-state index contributed by atoms with van der Waals surface area (Å²) in [7, 11) is 0. The Balaban J connectivity index is 2.09. The summed E-state index contributed by atoms with van der Waals surface area (Å²) in [4.78, 5) is 23.3. The Morgan fingerprint density at radius 3 is 2.37 bits per heavy atom. The van der Waals surface area contributed by atoms with Crippen molar-refractivity contribution < 1.29 is 14.7 Å². The highest BCUT2D eigenvalue weighted by molar-refractivity contribution is 6.04. The van der Waals surface area contributed by atoms with E-state index in [0.29, 0.717) is 5.92 Å². The zero-order valence-electron chi connectivity index (χ0n) is 11.1. The molecule has 19 heavy (non-hydrogen) atoms. The maximum atomic E-state index is 12.2. The molecule has 1 aliphatic rings. The number of rotatable bonds is 4. The van der Waals surface area contributed by atoms with Crippen LogP contribution in [0, 0.1) is 5.92 Å². The predicted molar refractivity (Wildman–Crippen MR) is 72.3 cm³/mol. The van der Waals surface area contributed by atoms with Gasteiger partial charge in [-0.2, -0.15) is 0 Å². The van der Waals surface area contributed by atoms with Crippen molar-refractivity contribution in [3.8, 4) is 0 Å². The zero-order valence-corrected chi connectivity index (χ0v) is 11.1. The second-order valence-corrected chi connectivity index (χ2v) is 5.16. The van der Waals surface area contributed by atoms with Crippen LogP contribution >= 0.6 is 0 Å². The average Bonchev–Trinajstić information content (AvgIpc) is 2.92. The summed E-state index contributed by atoms with van der Waals surface area (Å²) >= 11 is 0. The van der Waals surface area contributed by atoms with Crippen molar-refractivity contribution in [1.82, 2.24) is 5.32 Å². The molecule has 4 nitrogen and oxygen atoms in total. The van der Waals surface area contributed by atoms with E-state index in [1.165, 1.54) is 18.9 Å². The quantitative estimate of drug-likeness (QED) is 0.875. The Bertz CT molecular complexity index is 478. The number of carbonyl (C=O) groups is 2. The lowest BCUT2D eigenvalue weighted by Gasteiger charge is -2.20. The van der Waals surface area contributed by atoms with E-state index in [1.54, 1.807) is 18.2 Å². The smallest absolute Gasteiger partial charge is 0.336 e. The van der Waals surface area contributed by atoms with E-state index in [-0.39, 0.29) is 23.1 Å². The first kappa shape index (κ1) is 13.6. The minimum absolute atomic E-state index is 0.0543. The Labute approximate surface area is 112 Å². The van der Waals surface area contributed by atoms with Crippen LogP contribution in [0.15, 0.2) is 24.3 Å². The third-order valence-corrected chi connectivity index (χ3v) is 3.87. The van der Waals surface area contributed by atoms with Crippen molar-refractivity contribution in [2.45, 2.75) is 38.6 Å². The lowest BCUT2D eigenvalue weighted by Crippen LogP contribution is -2.37. The lowest BCUT2D eigenvalue weighted by molar-refractivity contribution is 0.0690. The summed E-state index contributed by atoms with van der Waals surface area (Å²) < 4.78 is 0. The summed E-state index contributed by atoms with van der Waals surface area (Å²) in [6.07, 6.45) is 4.72. The third kappa shape index (κ3) is 3.13. The highest BCUT2D eigenvalue weighted by Crippen LogP contribution is 2.27. The molecule has 1 atom stereocenters. The molecule has 0 bridgehead atoms. The molecule has 102 valence electrons. The molecule has 2 rings (SSSR count). The molecule has 1 fully saturated rings. The SMILES string of the molecule is C[C@@H](NC(=O)c1ccccc1C(=O)O)C1CCCC1. The van der Waals surface area contributed by atoms with Gasteiger partial charge >= 0.3 is 5.97 Å². The molecular formula is C15H19NO3. The van der Waals surface area contributed by atoms with Gasteiger partial charge in [0.1, 0.15) is 0 Å². The fourth-order valence-corrected chi connectivity index (χ4v) is 2.73. The number of nitrogens with one attached hydrogen (secondary N) is 1.